The van der Waals surface area contributed by atoms with Gasteiger partial charge in [0, 0.05) is 12.0 Å². The molecule has 2 rings (SSSR count). The first-order valence-corrected chi connectivity index (χ1v) is 8.23. The van der Waals surface area contributed by atoms with Gasteiger partial charge in [-0.2, -0.15) is 0 Å². The number of rotatable bonds is 3. The van der Waals surface area contributed by atoms with Gasteiger partial charge < -0.3 is 11.1 Å². The number of carbonyl (C=O) groups excluding carboxylic acids is 1. The van der Waals surface area contributed by atoms with Crippen molar-refractivity contribution in [2.24, 2.45) is 28.4 Å². The van der Waals surface area contributed by atoms with Crippen molar-refractivity contribution in [2.45, 2.75) is 72.3 Å². The van der Waals surface area contributed by atoms with Crippen molar-refractivity contribution in [3.05, 3.63) is 0 Å². The Balaban J connectivity index is 1.97. The zero-order chi connectivity index (χ0) is 15.0. The fourth-order valence-corrected chi connectivity index (χ4v) is 4.92. The number of nitrogens with one attached hydrogen (secondary N) is 1. The Hall–Kier alpha value is -0.570. The van der Waals surface area contributed by atoms with Crippen molar-refractivity contribution in [1.82, 2.24) is 5.32 Å². The molecule has 3 heteroatoms. The lowest BCUT2D eigenvalue weighted by atomic mass is 9.63. The summed E-state index contributed by atoms with van der Waals surface area (Å²) in [6.45, 7) is 9.95. The van der Waals surface area contributed by atoms with Crippen LogP contribution in [0, 0.1) is 22.7 Å². The predicted molar refractivity (Wildman–Crippen MR) is 83.2 cm³/mol. The summed E-state index contributed by atoms with van der Waals surface area (Å²) in [5.74, 6) is 0.823. The van der Waals surface area contributed by atoms with Gasteiger partial charge in [-0.05, 0) is 55.4 Å². The fraction of sp³-hybridized carbons (Fsp3) is 0.941. The summed E-state index contributed by atoms with van der Waals surface area (Å²) in [5.41, 5.74) is 6.45. The molecule has 2 aliphatic carbocycles. The Labute approximate surface area is 124 Å². The van der Waals surface area contributed by atoms with Crippen LogP contribution < -0.4 is 11.1 Å². The number of hydrogen-bond donors (Lipinski definition) is 2. The van der Waals surface area contributed by atoms with Gasteiger partial charge in [0.05, 0.1) is 0 Å². The highest BCUT2D eigenvalue weighted by molar-refractivity contribution is 5.79. The lowest BCUT2D eigenvalue weighted by Crippen LogP contribution is -2.48. The van der Waals surface area contributed by atoms with Crippen LogP contribution in [0.3, 0.4) is 0 Å². The predicted octanol–water partition coefficient (Wildman–Crippen LogP) is 3.08. The van der Waals surface area contributed by atoms with E-state index >= 15 is 0 Å². The molecule has 0 aromatic carbocycles. The largest absolute Gasteiger partial charge is 0.353 e. The molecule has 0 aromatic rings. The second-order valence-electron chi connectivity index (χ2n) is 8.65. The second-order valence-corrected chi connectivity index (χ2v) is 8.65. The van der Waals surface area contributed by atoms with E-state index in [0.717, 1.165) is 32.1 Å². The van der Waals surface area contributed by atoms with Gasteiger partial charge >= 0.3 is 0 Å². The zero-order valence-electron chi connectivity index (χ0n) is 13.7. The molecule has 2 saturated carbocycles. The van der Waals surface area contributed by atoms with Crippen LogP contribution in [-0.4, -0.2) is 18.5 Å². The van der Waals surface area contributed by atoms with Crippen LogP contribution in [0.15, 0.2) is 0 Å². The maximum absolute atomic E-state index is 12.5. The third kappa shape index (κ3) is 3.75. The van der Waals surface area contributed by atoms with Gasteiger partial charge in [-0.1, -0.05) is 34.1 Å². The zero-order valence-corrected chi connectivity index (χ0v) is 13.7. The average molecular weight is 280 g/mol. The molecule has 116 valence electrons. The first kappa shape index (κ1) is 15.8. The first-order valence-electron chi connectivity index (χ1n) is 8.23. The minimum Gasteiger partial charge on any atom is -0.353 e. The lowest BCUT2D eigenvalue weighted by Gasteiger charge is -2.45. The summed E-state index contributed by atoms with van der Waals surface area (Å²) in [7, 11) is 0. The van der Waals surface area contributed by atoms with Gasteiger partial charge in [0.1, 0.15) is 0 Å². The maximum atomic E-state index is 12.5. The molecule has 2 aliphatic rings. The second kappa shape index (κ2) is 5.67. The number of amides is 1. The van der Waals surface area contributed by atoms with E-state index < -0.39 is 0 Å². The quantitative estimate of drug-likeness (QED) is 0.834. The van der Waals surface area contributed by atoms with Crippen LogP contribution in [0.25, 0.3) is 0 Å². The average Bonchev–Trinajstić information content (AvgIpc) is 2.71. The van der Waals surface area contributed by atoms with Crippen molar-refractivity contribution in [2.75, 3.05) is 6.54 Å². The van der Waals surface area contributed by atoms with E-state index in [-0.39, 0.29) is 11.8 Å². The molecule has 3 nitrogen and oxygen atoms in total. The third-order valence-corrected chi connectivity index (χ3v) is 5.20. The van der Waals surface area contributed by atoms with Crippen molar-refractivity contribution in [3.8, 4) is 0 Å². The van der Waals surface area contributed by atoms with Crippen LogP contribution in [-0.2, 0) is 4.79 Å². The minimum absolute atomic E-state index is 0.160. The van der Waals surface area contributed by atoms with E-state index in [9.17, 15) is 4.79 Å². The van der Waals surface area contributed by atoms with E-state index in [2.05, 4.69) is 33.0 Å². The van der Waals surface area contributed by atoms with Crippen LogP contribution in [0.5, 0.6) is 0 Å². The van der Waals surface area contributed by atoms with Gasteiger partial charge in [-0.15, -0.1) is 0 Å². The summed E-state index contributed by atoms with van der Waals surface area (Å²) in [6.07, 6.45) is 6.73. The molecule has 3 N–H and O–H groups in total. The molecule has 2 unspecified atom stereocenters. The Morgan fingerprint density at radius 1 is 1.15 bits per heavy atom. The van der Waals surface area contributed by atoms with Gasteiger partial charge in [0.25, 0.3) is 0 Å². The third-order valence-electron chi connectivity index (χ3n) is 5.20. The molecular weight excluding hydrogens is 248 g/mol. The van der Waals surface area contributed by atoms with Crippen LogP contribution in [0.4, 0.5) is 0 Å². The maximum Gasteiger partial charge on any atom is 0.223 e. The van der Waals surface area contributed by atoms with Gasteiger partial charge in [-0.25, -0.2) is 0 Å². The lowest BCUT2D eigenvalue weighted by molar-refractivity contribution is -0.127. The van der Waals surface area contributed by atoms with E-state index in [1.165, 1.54) is 6.42 Å². The molecule has 2 fully saturated rings. The summed E-state index contributed by atoms with van der Waals surface area (Å²) >= 11 is 0. The molecule has 0 spiro atoms. The van der Waals surface area contributed by atoms with Gasteiger partial charge in [-0.3, -0.25) is 4.79 Å². The fourth-order valence-electron chi connectivity index (χ4n) is 4.92. The molecule has 0 bridgehead atoms. The Bertz CT molecular complexity index is 346. The van der Waals surface area contributed by atoms with Crippen LogP contribution in [0.2, 0.25) is 0 Å². The van der Waals surface area contributed by atoms with Gasteiger partial charge in [0.2, 0.25) is 5.91 Å². The highest BCUT2D eigenvalue weighted by Crippen LogP contribution is 2.45. The molecule has 20 heavy (non-hydrogen) atoms. The molecule has 0 aliphatic heterocycles. The molecule has 2 atom stereocenters. The van der Waals surface area contributed by atoms with Gasteiger partial charge in [0.15, 0.2) is 0 Å². The van der Waals surface area contributed by atoms with E-state index in [4.69, 9.17) is 5.73 Å². The highest BCUT2D eigenvalue weighted by Gasteiger charge is 2.40. The molecule has 0 heterocycles. The number of hydrogen-bond acceptors (Lipinski definition) is 2. The van der Waals surface area contributed by atoms with Crippen molar-refractivity contribution in [1.29, 1.82) is 0 Å². The van der Waals surface area contributed by atoms with E-state index in [1.807, 2.05) is 0 Å². The number of carbonyl (C=O) groups is 1. The summed E-state index contributed by atoms with van der Waals surface area (Å²) in [6, 6.07) is 0.334. The first-order chi connectivity index (χ1) is 9.22. The van der Waals surface area contributed by atoms with Crippen LogP contribution in [0.1, 0.15) is 66.2 Å². The van der Waals surface area contributed by atoms with Crippen molar-refractivity contribution >= 4 is 5.91 Å². The molecular formula is C17H32N2O. The highest BCUT2D eigenvalue weighted by atomic mass is 16.2. The normalized spacial score (nSPS) is 33.0. The summed E-state index contributed by atoms with van der Waals surface area (Å²) < 4.78 is 0. The Morgan fingerprint density at radius 3 is 2.30 bits per heavy atom. The standard InChI is InChI=1S/C17H32N2O/c1-16(2)8-13(9-17(3,4)11-16)19-15(20)14-7-5-6-12(14)10-18/h12-14H,5-11,18H2,1-4H3,(H,19,20). The molecule has 1 amide bonds. The summed E-state index contributed by atoms with van der Waals surface area (Å²) in [4.78, 5) is 12.5. The number of nitrogens with two attached hydrogens (primary N) is 1. The summed E-state index contributed by atoms with van der Waals surface area (Å²) in [5, 5.41) is 3.34. The Morgan fingerprint density at radius 2 is 1.75 bits per heavy atom. The molecule has 0 radical (unpaired) electrons. The van der Waals surface area contributed by atoms with Crippen LogP contribution >= 0.6 is 0 Å². The van der Waals surface area contributed by atoms with E-state index in [0.29, 0.717) is 29.3 Å². The monoisotopic (exact) mass is 280 g/mol. The topological polar surface area (TPSA) is 55.1 Å². The molecule has 0 aromatic heterocycles. The minimum atomic E-state index is 0.160. The van der Waals surface area contributed by atoms with Crippen molar-refractivity contribution < 1.29 is 4.79 Å². The Kier molecular flexibility index (Phi) is 4.48. The van der Waals surface area contributed by atoms with E-state index in [1.54, 1.807) is 0 Å². The van der Waals surface area contributed by atoms with Crippen molar-refractivity contribution in [3.63, 3.8) is 0 Å². The molecule has 0 saturated heterocycles. The SMILES string of the molecule is CC1(C)CC(NC(=O)C2CCCC2CN)CC(C)(C)C1. The smallest absolute Gasteiger partial charge is 0.223 e.